The van der Waals surface area contributed by atoms with Crippen LogP contribution >= 0.6 is 27.3 Å². The number of aliphatic carboxylic acids is 1. The van der Waals surface area contributed by atoms with Crippen molar-refractivity contribution < 1.29 is 14.7 Å². The minimum absolute atomic E-state index is 0.157. The first kappa shape index (κ1) is 13.8. The number of thiophene rings is 1. The molecule has 0 radical (unpaired) electrons. The Labute approximate surface area is 121 Å². The molecule has 0 bridgehead atoms. The van der Waals surface area contributed by atoms with Crippen LogP contribution in [0, 0.1) is 0 Å². The minimum Gasteiger partial charge on any atom is -0.480 e. The predicted octanol–water partition coefficient (Wildman–Crippen LogP) is 1.66. The largest absolute Gasteiger partial charge is 0.480 e. The Morgan fingerprint density at radius 1 is 1.58 bits per heavy atom. The van der Waals surface area contributed by atoms with E-state index in [2.05, 4.69) is 31.2 Å². The lowest BCUT2D eigenvalue weighted by Gasteiger charge is -2.13. The average molecular weight is 344 g/mol. The molecule has 100 valence electrons. The number of nitrogens with one attached hydrogen (secondary N) is 2. The van der Waals surface area contributed by atoms with Crippen LogP contribution in [0.4, 0.5) is 0 Å². The summed E-state index contributed by atoms with van der Waals surface area (Å²) < 4.78 is 0.653. The van der Waals surface area contributed by atoms with Gasteiger partial charge in [0, 0.05) is 22.8 Å². The van der Waals surface area contributed by atoms with Crippen molar-refractivity contribution in [2.24, 2.45) is 0 Å². The molecular weight excluding hydrogens is 334 g/mol. The third-order valence-corrected chi connectivity index (χ3v) is 4.24. The molecule has 3 N–H and O–H groups in total. The van der Waals surface area contributed by atoms with Crippen molar-refractivity contribution in [1.82, 2.24) is 15.3 Å². The zero-order valence-corrected chi connectivity index (χ0v) is 12.0. The van der Waals surface area contributed by atoms with E-state index in [1.54, 1.807) is 11.4 Å². The molecule has 19 heavy (non-hydrogen) atoms. The fourth-order valence-corrected chi connectivity index (χ4v) is 2.95. The normalized spacial score (nSPS) is 12.1. The number of hydrogen-bond donors (Lipinski definition) is 3. The van der Waals surface area contributed by atoms with Crippen LogP contribution in [0.3, 0.4) is 0 Å². The van der Waals surface area contributed by atoms with Gasteiger partial charge >= 0.3 is 5.97 Å². The van der Waals surface area contributed by atoms with Gasteiger partial charge in [0.05, 0.1) is 6.33 Å². The third-order valence-electron chi connectivity index (χ3n) is 2.41. The second-order valence-corrected chi connectivity index (χ2v) is 5.51. The van der Waals surface area contributed by atoms with Gasteiger partial charge in [-0.25, -0.2) is 9.78 Å². The molecule has 2 aromatic heterocycles. The first-order chi connectivity index (χ1) is 9.08. The van der Waals surface area contributed by atoms with Crippen LogP contribution in [0.25, 0.3) is 0 Å². The Kier molecular flexibility index (Phi) is 4.33. The molecule has 1 amide bonds. The van der Waals surface area contributed by atoms with E-state index in [4.69, 9.17) is 5.11 Å². The van der Waals surface area contributed by atoms with Crippen LogP contribution in [0.15, 0.2) is 28.4 Å². The highest BCUT2D eigenvalue weighted by Gasteiger charge is 2.23. The maximum atomic E-state index is 12.0. The molecule has 0 fully saturated rings. The molecule has 0 spiro atoms. The van der Waals surface area contributed by atoms with Crippen molar-refractivity contribution in [1.29, 1.82) is 0 Å². The zero-order valence-electron chi connectivity index (χ0n) is 9.59. The second-order valence-electron chi connectivity index (χ2n) is 3.74. The number of hydrogen-bond acceptors (Lipinski definition) is 4. The molecule has 2 rings (SSSR count). The lowest BCUT2D eigenvalue weighted by atomic mass is 10.1. The Balaban J connectivity index is 2.07. The Morgan fingerprint density at radius 3 is 2.89 bits per heavy atom. The molecule has 1 unspecified atom stereocenters. The van der Waals surface area contributed by atoms with E-state index in [1.807, 2.05) is 0 Å². The van der Waals surface area contributed by atoms with Crippen LogP contribution in [0.2, 0.25) is 0 Å². The molecule has 0 aliphatic heterocycles. The van der Waals surface area contributed by atoms with Crippen LogP contribution in [0.1, 0.15) is 15.4 Å². The highest BCUT2D eigenvalue weighted by Crippen LogP contribution is 2.22. The molecule has 6 nitrogen and oxygen atoms in total. The summed E-state index contributed by atoms with van der Waals surface area (Å²) in [6, 6.07) is 0.742. The number of carbonyl (C=O) groups is 2. The van der Waals surface area contributed by atoms with Crippen molar-refractivity contribution in [3.8, 4) is 0 Å². The topological polar surface area (TPSA) is 95.1 Å². The molecule has 8 heteroatoms. The third kappa shape index (κ3) is 3.42. The van der Waals surface area contributed by atoms with Gasteiger partial charge in [0.25, 0.3) is 5.91 Å². The summed E-state index contributed by atoms with van der Waals surface area (Å²) in [6.07, 6.45) is 3.15. The number of aromatic nitrogens is 2. The van der Waals surface area contributed by atoms with Gasteiger partial charge in [0.1, 0.15) is 10.9 Å². The smallest absolute Gasteiger partial charge is 0.326 e. The number of halogens is 1. The fraction of sp³-hybridized carbons (Fsp3) is 0.182. The van der Waals surface area contributed by atoms with Gasteiger partial charge in [-0.1, -0.05) is 0 Å². The van der Waals surface area contributed by atoms with Crippen LogP contribution in [0.5, 0.6) is 0 Å². The van der Waals surface area contributed by atoms with Gasteiger partial charge in [0.15, 0.2) is 0 Å². The van der Waals surface area contributed by atoms with E-state index in [1.165, 1.54) is 23.9 Å². The van der Waals surface area contributed by atoms with E-state index >= 15 is 0 Å². The number of H-pyrrole nitrogens is 1. The lowest BCUT2D eigenvalue weighted by molar-refractivity contribution is -0.139. The first-order valence-electron chi connectivity index (χ1n) is 5.32. The maximum absolute atomic E-state index is 12.0. The molecule has 1 atom stereocenters. The second kappa shape index (κ2) is 5.98. The summed E-state index contributed by atoms with van der Waals surface area (Å²) >= 11 is 4.49. The minimum atomic E-state index is -1.09. The summed E-state index contributed by atoms with van der Waals surface area (Å²) in [4.78, 5) is 30.2. The highest BCUT2D eigenvalue weighted by molar-refractivity contribution is 9.10. The van der Waals surface area contributed by atoms with Gasteiger partial charge in [-0.05, 0) is 27.4 Å². The van der Waals surface area contributed by atoms with E-state index in [9.17, 15) is 9.59 Å². The number of rotatable bonds is 5. The summed E-state index contributed by atoms with van der Waals surface area (Å²) in [5.41, 5.74) is 0.651. The van der Waals surface area contributed by atoms with Crippen molar-refractivity contribution >= 4 is 39.1 Å². The molecule has 2 aromatic rings. The van der Waals surface area contributed by atoms with E-state index in [-0.39, 0.29) is 6.42 Å². The molecule has 0 aromatic carbocycles. The van der Waals surface area contributed by atoms with Gasteiger partial charge in [0.2, 0.25) is 0 Å². The van der Waals surface area contributed by atoms with E-state index in [0.29, 0.717) is 15.0 Å². The summed E-state index contributed by atoms with van der Waals surface area (Å²) in [6.45, 7) is 0. The van der Waals surface area contributed by atoms with Gasteiger partial charge in [-0.2, -0.15) is 0 Å². The average Bonchev–Trinajstić information content (AvgIpc) is 2.99. The van der Waals surface area contributed by atoms with Gasteiger partial charge < -0.3 is 15.4 Å². The lowest BCUT2D eigenvalue weighted by Crippen LogP contribution is -2.42. The molecular formula is C11H10BrN3O3S. The Bertz CT molecular complexity index is 582. The maximum Gasteiger partial charge on any atom is 0.326 e. The summed E-state index contributed by atoms with van der Waals surface area (Å²) in [5, 5.41) is 13.4. The van der Waals surface area contributed by atoms with Gasteiger partial charge in [-0.15, -0.1) is 11.3 Å². The van der Waals surface area contributed by atoms with Crippen molar-refractivity contribution in [3.05, 3.63) is 39.0 Å². The number of aromatic amines is 1. The van der Waals surface area contributed by atoms with Crippen LogP contribution in [-0.2, 0) is 11.2 Å². The van der Waals surface area contributed by atoms with Crippen molar-refractivity contribution in [2.45, 2.75) is 12.5 Å². The SMILES string of the molecule is O=C(NC(Cc1cnc[nH]1)C(=O)O)c1sccc1Br. The summed E-state index contributed by atoms with van der Waals surface area (Å²) in [5.74, 6) is -1.50. The monoisotopic (exact) mass is 343 g/mol. The Hall–Kier alpha value is -1.67. The molecule has 0 aliphatic rings. The molecule has 0 saturated heterocycles. The standard InChI is InChI=1S/C11H10BrN3O3S/c12-7-1-2-19-9(7)10(16)15-8(11(17)18)3-6-4-13-5-14-6/h1-2,4-5,8H,3H2,(H,13,14)(H,15,16)(H,17,18). The van der Waals surface area contributed by atoms with Crippen molar-refractivity contribution in [2.75, 3.05) is 0 Å². The van der Waals surface area contributed by atoms with Gasteiger partial charge in [-0.3, -0.25) is 4.79 Å². The van der Waals surface area contributed by atoms with Crippen molar-refractivity contribution in [3.63, 3.8) is 0 Å². The number of imidazole rings is 1. The van der Waals surface area contributed by atoms with Crippen LogP contribution < -0.4 is 5.32 Å². The number of carbonyl (C=O) groups excluding carboxylic acids is 1. The van der Waals surface area contributed by atoms with E-state index < -0.39 is 17.9 Å². The Morgan fingerprint density at radius 2 is 2.37 bits per heavy atom. The quantitative estimate of drug-likeness (QED) is 0.769. The number of carboxylic acids is 1. The fourth-order valence-electron chi connectivity index (χ4n) is 1.50. The number of amides is 1. The molecule has 0 aliphatic carbocycles. The summed E-state index contributed by atoms with van der Waals surface area (Å²) in [7, 11) is 0. The number of carboxylic acid groups (broad SMARTS) is 1. The first-order valence-corrected chi connectivity index (χ1v) is 6.99. The van der Waals surface area contributed by atoms with E-state index in [0.717, 1.165) is 0 Å². The number of nitrogens with zero attached hydrogens (tertiary/aromatic N) is 1. The highest BCUT2D eigenvalue weighted by atomic mass is 79.9. The molecule has 0 saturated carbocycles. The predicted molar refractivity (Wildman–Crippen MR) is 73.2 cm³/mol. The van der Waals surface area contributed by atoms with Crippen LogP contribution in [-0.4, -0.2) is 33.0 Å². The zero-order chi connectivity index (χ0) is 13.8. The molecule has 2 heterocycles.